The second-order valence-electron chi connectivity index (χ2n) is 5.99. The zero-order chi connectivity index (χ0) is 14.6. The molecular formula is C14H27N3O2. The molecule has 110 valence electrons. The number of likely N-dealkylation sites (N-methyl/N-ethyl adjacent to an activating group) is 2. The minimum absolute atomic E-state index is 0.0573. The number of carbonyl (C=O) groups is 2. The van der Waals surface area contributed by atoms with E-state index in [-0.39, 0.29) is 23.9 Å². The lowest BCUT2D eigenvalue weighted by atomic mass is 10.0. The van der Waals surface area contributed by atoms with E-state index in [1.54, 1.807) is 0 Å². The average Bonchev–Trinajstić information content (AvgIpc) is 2.51. The third-order valence-corrected chi connectivity index (χ3v) is 3.34. The van der Waals surface area contributed by atoms with E-state index in [2.05, 4.69) is 24.1 Å². The molecule has 1 N–H and O–H groups in total. The summed E-state index contributed by atoms with van der Waals surface area (Å²) < 4.78 is 0. The van der Waals surface area contributed by atoms with E-state index in [1.165, 1.54) is 4.90 Å². The number of rotatable bonds is 7. The van der Waals surface area contributed by atoms with Crippen LogP contribution in [0.2, 0.25) is 0 Å². The van der Waals surface area contributed by atoms with Gasteiger partial charge in [-0.05, 0) is 33.4 Å². The summed E-state index contributed by atoms with van der Waals surface area (Å²) in [5.74, 6) is 0.435. The Bertz CT molecular complexity index is 319. The lowest BCUT2D eigenvalue weighted by Gasteiger charge is -2.26. The molecule has 0 radical (unpaired) electrons. The van der Waals surface area contributed by atoms with Crippen LogP contribution in [0.1, 0.15) is 33.6 Å². The van der Waals surface area contributed by atoms with Gasteiger partial charge in [-0.2, -0.15) is 0 Å². The van der Waals surface area contributed by atoms with Crippen LogP contribution in [-0.4, -0.2) is 60.9 Å². The second kappa shape index (κ2) is 7.01. The lowest BCUT2D eigenvalue weighted by Crippen LogP contribution is -2.48. The molecule has 1 rings (SSSR count). The average molecular weight is 269 g/mol. The minimum Gasteiger partial charge on any atom is -0.308 e. The van der Waals surface area contributed by atoms with Crippen LogP contribution < -0.4 is 5.32 Å². The number of amides is 2. The van der Waals surface area contributed by atoms with Crippen molar-refractivity contribution in [2.24, 2.45) is 5.92 Å². The molecule has 1 aliphatic heterocycles. The first-order chi connectivity index (χ1) is 8.85. The van der Waals surface area contributed by atoms with E-state index < -0.39 is 0 Å². The highest BCUT2D eigenvalue weighted by molar-refractivity contribution is 6.05. The van der Waals surface area contributed by atoms with Crippen molar-refractivity contribution in [2.45, 2.75) is 45.7 Å². The van der Waals surface area contributed by atoms with Gasteiger partial charge < -0.3 is 10.2 Å². The molecule has 0 saturated carbocycles. The SMILES string of the molecule is CCN1C(=O)CC(NC(CC(C)C)CN(C)C)C1=O. The normalized spacial score (nSPS) is 21.8. The summed E-state index contributed by atoms with van der Waals surface area (Å²) in [7, 11) is 4.05. The highest BCUT2D eigenvalue weighted by Crippen LogP contribution is 2.15. The fraction of sp³-hybridized carbons (Fsp3) is 0.857. The maximum Gasteiger partial charge on any atom is 0.246 e. The molecule has 1 heterocycles. The summed E-state index contributed by atoms with van der Waals surface area (Å²) in [4.78, 5) is 27.2. The summed E-state index contributed by atoms with van der Waals surface area (Å²) in [5, 5.41) is 3.37. The van der Waals surface area contributed by atoms with Crippen molar-refractivity contribution in [2.75, 3.05) is 27.2 Å². The Labute approximate surface area is 116 Å². The van der Waals surface area contributed by atoms with Crippen molar-refractivity contribution in [3.63, 3.8) is 0 Å². The first-order valence-corrected chi connectivity index (χ1v) is 7.10. The Kier molecular flexibility index (Phi) is 5.94. The number of hydrogen-bond donors (Lipinski definition) is 1. The van der Waals surface area contributed by atoms with Gasteiger partial charge in [0.2, 0.25) is 11.8 Å². The highest BCUT2D eigenvalue weighted by atomic mass is 16.2. The van der Waals surface area contributed by atoms with Gasteiger partial charge in [-0.3, -0.25) is 14.5 Å². The molecule has 1 aliphatic rings. The Morgan fingerprint density at radius 3 is 2.42 bits per heavy atom. The van der Waals surface area contributed by atoms with Crippen LogP contribution in [0, 0.1) is 5.92 Å². The van der Waals surface area contributed by atoms with Crippen LogP contribution in [0.3, 0.4) is 0 Å². The third-order valence-electron chi connectivity index (χ3n) is 3.34. The van der Waals surface area contributed by atoms with Crippen LogP contribution in [0.15, 0.2) is 0 Å². The molecule has 2 amide bonds. The van der Waals surface area contributed by atoms with Crippen molar-refractivity contribution in [1.82, 2.24) is 15.1 Å². The van der Waals surface area contributed by atoms with Crippen molar-refractivity contribution in [3.8, 4) is 0 Å². The Morgan fingerprint density at radius 2 is 2.00 bits per heavy atom. The van der Waals surface area contributed by atoms with Gasteiger partial charge in [0.15, 0.2) is 0 Å². The van der Waals surface area contributed by atoms with E-state index in [0.717, 1.165) is 13.0 Å². The van der Waals surface area contributed by atoms with Gasteiger partial charge in [-0.1, -0.05) is 13.8 Å². The molecule has 0 aromatic rings. The minimum atomic E-state index is -0.337. The lowest BCUT2D eigenvalue weighted by molar-refractivity contribution is -0.138. The van der Waals surface area contributed by atoms with E-state index in [1.807, 2.05) is 21.0 Å². The number of carbonyl (C=O) groups excluding carboxylic acids is 2. The largest absolute Gasteiger partial charge is 0.308 e. The highest BCUT2D eigenvalue weighted by Gasteiger charge is 2.38. The van der Waals surface area contributed by atoms with E-state index >= 15 is 0 Å². The molecule has 5 nitrogen and oxygen atoms in total. The van der Waals surface area contributed by atoms with Crippen LogP contribution in [-0.2, 0) is 9.59 Å². The van der Waals surface area contributed by atoms with Gasteiger partial charge in [0.1, 0.15) is 0 Å². The molecule has 0 aromatic heterocycles. The number of nitrogens with one attached hydrogen (secondary N) is 1. The molecule has 1 saturated heterocycles. The van der Waals surface area contributed by atoms with E-state index in [0.29, 0.717) is 18.9 Å². The maximum absolute atomic E-state index is 12.1. The first-order valence-electron chi connectivity index (χ1n) is 7.10. The summed E-state index contributed by atoms with van der Waals surface area (Å²) in [5.41, 5.74) is 0. The van der Waals surface area contributed by atoms with Crippen molar-refractivity contribution in [1.29, 1.82) is 0 Å². The number of likely N-dealkylation sites (tertiary alicyclic amines) is 1. The topological polar surface area (TPSA) is 52.7 Å². The molecule has 0 bridgehead atoms. The quantitative estimate of drug-likeness (QED) is 0.691. The summed E-state index contributed by atoms with van der Waals surface area (Å²) in [6.45, 7) is 7.53. The molecule has 0 spiro atoms. The zero-order valence-electron chi connectivity index (χ0n) is 12.8. The zero-order valence-corrected chi connectivity index (χ0v) is 12.8. The van der Waals surface area contributed by atoms with Gasteiger partial charge in [0, 0.05) is 19.1 Å². The standard InChI is InChI=1S/C14H27N3O2/c1-6-17-13(18)8-12(14(17)19)15-11(7-10(2)3)9-16(4)5/h10-12,15H,6-9H2,1-5H3. The van der Waals surface area contributed by atoms with Gasteiger partial charge >= 0.3 is 0 Å². The predicted octanol–water partition coefficient (Wildman–Crippen LogP) is 0.700. The number of imide groups is 1. The summed E-state index contributed by atoms with van der Waals surface area (Å²) in [6.07, 6.45) is 1.30. The Balaban J connectivity index is 2.63. The van der Waals surface area contributed by atoms with Crippen molar-refractivity contribution < 1.29 is 9.59 Å². The Morgan fingerprint density at radius 1 is 1.37 bits per heavy atom. The molecule has 0 aromatic carbocycles. The van der Waals surface area contributed by atoms with Gasteiger partial charge in [0.05, 0.1) is 12.5 Å². The van der Waals surface area contributed by atoms with Crippen molar-refractivity contribution >= 4 is 11.8 Å². The molecule has 1 fully saturated rings. The maximum atomic E-state index is 12.1. The Hall–Kier alpha value is -0.940. The summed E-state index contributed by atoms with van der Waals surface area (Å²) in [6, 6.07) is -0.0929. The van der Waals surface area contributed by atoms with Crippen molar-refractivity contribution in [3.05, 3.63) is 0 Å². The van der Waals surface area contributed by atoms with E-state index in [9.17, 15) is 9.59 Å². The number of nitrogens with zero attached hydrogens (tertiary/aromatic N) is 2. The fourth-order valence-electron chi connectivity index (χ4n) is 2.64. The van der Waals surface area contributed by atoms with E-state index in [4.69, 9.17) is 0 Å². The fourth-order valence-corrected chi connectivity index (χ4v) is 2.64. The van der Waals surface area contributed by atoms with Crippen LogP contribution in [0.4, 0.5) is 0 Å². The molecule has 2 atom stereocenters. The van der Waals surface area contributed by atoms with Gasteiger partial charge in [-0.15, -0.1) is 0 Å². The van der Waals surface area contributed by atoms with Crippen LogP contribution in [0.5, 0.6) is 0 Å². The van der Waals surface area contributed by atoms with Gasteiger partial charge in [0.25, 0.3) is 0 Å². The first kappa shape index (κ1) is 16.1. The molecule has 0 aliphatic carbocycles. The summed E-state index contributed by atoms with van der Waals surface area (Å²) >= 11 is 0. The third kappa shape index (κ3) is 4.58. The van der Waals surface area contributed by atoms with Gasteiger partial charge in [-0.25, -0.2) is 0 Å². The molecule has 19 heavy (non-hydrogen) atoms. The molecule has 5 heteroatoms. The second-order valence-corrected chi connectivity index (χ2v) is 5.99. The number of hydrogen-bond acceptors (Lipinski definition) is 4. The van der Waals surface area contributed by atoms with Crippen LogP contribution in [0.25, 0.3) is 0 Å². The molecular weight excluding hydrogens is 242 g/mol. The van der Waals surface area contributed by atoms with Crippen LogP contribution >= 0.6 is 0 Å². The molecule has 2 unspecified atom stereocenters. The smallest absolute Gasteiger partial charge is 0.246 e. The monoisotopic (exact) mass is 269 g/mol. The predicted molar refractivity (Wildman–Crippen MR) is 75.7 cm³/mol.